The van der Waals surface area contributed by atoms with Crippen LogP contribution in [0.2, 0.25) is 0 Å². The molecule has 0 unspecified atom stereocenters. The number of nitrogen functional groups attached to an aromatic ring is 1. The standard InChI is InChI=1S/C17H28BrN3/c1-12(2)8-10-21(11-9-13(3)4)15-7-5-6-14(18)16(15)17(19)20/h5-7,12-13H,8-11H2,1-4H3,(H3,19,20). The third kappa shape index (κ3) is 5.70. The molecule has 1 rings (SSSR count). The molecule has 3 nitrogen and oxygen atoms in total. The molecule has 0 saturated carbocycles. The fourth-order valence-electron chi connectivity index (χ4n) is 2.22. The fraction of sp³-hybridized carbons (Fsp3) is 0.588. The Morgan fingerprint density at radius 2 is 1.67 bits per heavy atom. The van der Waals surface area contributed by atoms with Gasteiger partial charge in [-0.1, -0.05) is 33.8 Å². The third-order valence-corrected chi connectivity index (χ3v) is 4.22. The molecule has 1 aromatic carbocycles. The van der Waals surface area contributed by atoms with Crippen molar-refractivity contribution in [1.82, 2.24) is 0 Å². The zero-order valence-corrected chi connectivity index (χ0v) is 15.2. The summed E-state index contributed by atoms with van der Waals surface area (Å²) in [6.07, 6.45) is 2.28. The van der Waals surface area contributed by atoms with E-state index in [1.54, 1.807) is 0 Å². The topological polar surface area (TPSA) is 53.1 Å². The van der Waals surface area contributed by atoms with Crippen LogP contribution in [-0.4, -0.2) is 18.9 Å². The van der Waals surface area contributed by atoms with E-state index < -0.39 is 0 Å². The van der Waals surface area contributed by atoms with Crippen molar-refractivity contribution in [2.24, 2.45) is 17.6 Å². The van der Waals surface area contributed by atoms with Crippen LogP contribution in [0, 0.1) is 17.2 Å². The molecule has 0 spiro atoms. The SMILES string of the molecule is CC(C)CCN(CCC(C)C)c1cccc(Br)c1C(=N)N. The first-order valence-electron chi connectivity index (χ1n) is 7.70. The van der Waals surface area contributed by atoms with Gasteiger partial charge in [0.1, 0.15) is 5.84 Å². The predicted octanol–water partition coefficient (Wildman–Crippen LogP) is 4.63. The first-order valence-corrected chi connectivity index (χ1v) is 8.50. The predicted molar refractivity (Wildman–Crippen MR) is 96.3 cm³/mol. The Hall–Kier alpha value is -1.03. The first kappa shape index (κ1) is 18.0. The summed E-state index contributed by atoms with van der Waals surface area (Å²) in [6, 6.07) is 6.04. The summed E-state index contributed by atoms with van der Waals surface area (Å²) in [5, 5.41) is 7.86. The van der Waals surface area contributed by atoms with E-state index in [1.807, 2.05) is 12.1 Å². The molecule has 0 amide bonds. The highest BCUT2D eigenvalue weighted by Crippen LogP contribution is 2.28. The number of rotatable bonds is 8. The average molecular weight is 354 g/mol. The summed E-state index contributed by atoms with van der Waals surface area (Å²) in [4.78, 5) is 2.38. The zero-order chi connectivity index (χ0) is 16.0. The number of halogens is 1. The molecule has 0 heterocycles. The molecule has 0 aromatic heterocycles. The van der Waals surface area contributed by atoms with Gasteiger partial charge in [0.25, 0.3) is 0 Å². The van der Waals surface area contributed by atoms with Crippen LogP contribution in [0.25, 0.3) is 0 Å². The van der Waals surface area contributed by atoms with Crippen molar-refractivity contribution in [3.05, 3.63) is 28.2 Å². The summed E-state index contributed by atoms with van der Waals surface area (Å²) in [6.45, 7) is 11.0. The number of benzene rings is 1. The quantitative estimate of drug-likeness (QED) is 0.528. The summed E-state index contributed by atoms with van der Waals surface area (Å²) < 4.78 is 0.895. The van der Waals surface area contributed by atoms with Crippen LogP contribution in [0.3, 0.4) is 0 Å². The van der Waals surface area contributed by atoms with Gasteiger partial charge >= 0.3 is 0 Å². The second-order valence-corrected chi connectivity index (χ2v) is 7.25. The number of amidine groups is 1. The number of hydrogen-bond acceptors (Lipinski definition) is 2. The Kier molecular flexibility index (Phi) is 7.23. The van der Waals surface area contributed by atoms with Gasteiger partial charge < -0.3 is 10.6 Å². The second kappa shape index (κ2) is 8.42. The molecule has 1 aromatic rings. The monoisotopic (exact) mass is 353 g/mol. The summed E-state index contributed by atoms with van der Waals surface area (Å²) >= 11 is 3.53. The van der Waals surface area contributed by atoms with Gasteiger partial charge in [-0.2, -0.15) is 0 Å². The van der Waals surface area contributed by atoms with E-state index in [0.29, 0.717) is 11.8 Å². The van der Waals surface area contributed by atoms with Gasteiger partial charge in [0.15, 0.2) is 0 Å². The molecule has 0 bridgehead atoms. The minimum atomic E-state index is 0.122. The average Bonchev–Trinajstić information content (AvgIpc) is 2.37. The van der Waals surface area contributed by atoms with Crippen LogP contribution in [0.1, 0.15) is 46.1 Å². The summed E-state index contributed by atoms with van der Waals surface area (Å²) in [5.41, 5.74) is 7.67. The van der Waals surface area contributed by atoms with Crippen molar-refractivity contribution in [2.45, 2.75) is 40.5 Å². The van der Waals surface area contributed by atoms with E-state index in [4.69, 9.17) is 11.1 Å². The third-order valence-electron chi connectivity index (χ3n) is 3.55. The smallest absolute Gasteiger partial charge is 0.126 e. The molecule has 3 N–H and O–H groups in total. The van der Waals surface area contributed by atoms with Crippen LogP contribution in [0.5, 0.6) is 0 Å². The van der Waals surface area contributed by atoms with Crippen LogP contribution in [-0.2, 0) is 0 Å². The van der Waals surface area contributed by atoms with Crippen molar-refractivity contribution < 1.29 is 0 Å². The molecular weight excluding hydrogens is 326 g/mol. The molecule has 0 saturated heterocycles. The lowest BCUT2D eigenvalue weighted by atomic mass is 10.1. The molecule has 0 fully saturated rings. The lowest BCUT2D eigenvalue weighted by molar-refractivity contribution is 0.535. The zero-order valence-electron chi connectivity index (χ0n) is 13.6. The normalized spacial score (nSPS) is 11.2. The maximum atomic E-state index is 7.86. The van der Waals surface area contributed by atoms with E-state index in [2.05, 4.69) is 54.6 Å². The molecule has 118 valence electrons. The maximum absolute atomic E-state index is 7.86. The highest BCUT2D eigenvalue weighted by Gasteiger charge is 2.16. The van der Waals surface area contributed by atoms with Crippen LogP contribution >= 0.6 is 15.9 Å². The molecular formula is C17H28BrN3. The van der Waals surface area contributed by atoms with Gasteiger partial charge in [0.2, 0.25) is 0 Å². The van der Waals surface area contributed by atoms with Crippen molar-refractivity contribution in [3.63, 3.8) is 0 Å². The molecule has 0 radical (unpaired) electrons. The molecule has 0 aliphatic rings. The second-order valence-electron chi connectivity index (χ2n) is 6.40. The van der Waals surface area contributed by atoms with Crippen LogP contribution < -0.4 is 10.6 Å². The van der Waals surface area contributed by atoms with E-state index in [-0.39, 0.29) is 5.84 Å². The van der Waals surface area contributed by atoms with Crippen molar-refractivity contribution in [3.8, 4) is 0 Å². The Balaban J connectivity index is 3.06. The van der Waals surface area contributed by atoms with Crippen molar-refractivity contribution >= 4 is 27.5 Å². The van der Waals surface area contributed by atoms with Gasteiger partial charge in [-0.15, -0.1) is 0 Å². The molecule has 0 atom stereocenters. The number of nitrogens with zero attached hydrogens (tertiary/aromatic N) is 1. The highest BCUT2D eigenvalue weighted by molar-refractivity contribution is 9.10. The van der Waals surface area contributed by atoms with Gasteiger partial charge in [-0.25, -0.2) is 0 Å². The Bertz CT molecular complexity index is 457. The van der Waals surface area contributed by atoms with Crippen LogP contribution in [0.15, 0.2) is 22.7 Å². The highest BCUT2D eigenvalue weighted by atomic mass is 79.9. The van der Waals surface area contributed by atoms with Crippen molar-refractivity contribution in [2.75, 3.05) is 18.0 Å². The lowest BCUT2D eigenvalue weighted by Crippen LogP contribution is -2.30. The Morgan fingerprint density at radius 1 is 1.14 bits per heavy atom. The number of nitrogens with two attached hydrogens (primary N) is 1. The molecule has 4 heteroatoms. The van der Waals surface area contributed by atoms with Gasteiger partial charge in [0.05, 0.1) is 5.56 Å². The van der Waals surface area contributed by atoms with Gasteiger partial charge in [-0.05, 0) is 52.7 Å². The number of anilines is 1. The maximum Gasteiger partial charge on any atom is 0.126 e. The van der Waals surface area contributed by atoms with E-state index >= 15 is 0 Å². The molecule has 0 aliphatic carbocycles. The number of nitrogens with one attached hydrogen (secondary N) is 1. The number of hydrogen-bond donors (Lipinski definition) is 2. The Morgan fingerprint density at radius 3 is 2.10 bits per heavy atom. The van der Waals surface area contributed by atoms with Crippen LogP contribution in [0.4, 0.5) is 5.69 Å². The summed E-state index contributed by atoms with van der Waals surface area (Å²) in [5.74, 6) is 1.45. The summed E-state index contributed by atoms with van der Waals surface area (Å²) in [7, 11) is 0. The fourth-order valence-corrected chi connectivity index (χ4v) is 2.79. The van der Waals surface area contributed by atoms with Gasteiger partial charge in [0, 0.05) is 23.2 Å². The Labute approximate surface area is 137 Å². The lowest BCUT2D eigenvalue weighted by Gasteiger charge is -2.29. The molecule has 21 heavy (non-hydrogen) atoms. The minimum Gasteiger partial charge on any atom is -0.384 e. The molecule has 0 aliphatic heterocycles. The van der Waals surface area contributed by atoms with Crippen molar-refractivity contribution in [1.29, 1.82) is 5.41 Å². The van der Waals surface area contributed by atoms with Gasteiger partial charge in [-0.3, -0.25) is 5.41 Å². The van der Waals surface area contributed by atoms with E-state index in [0.717, 1.165) is 41.7 Å². The van der Waals surface area contributed by atoms with E-state index in [1.165, 1.54) is 0 Å². The first-order chi connectivity index (χ1) is 9.82. The largest absolute Gasteiger partial charge is 0.384 e. The minimum absolute atomic E-state index is 0.122. The van der Waals surface area contributed by atoms with E-state index in [9.17, 15) is 0 Å².